The van der Waals surface area contributed by atoms with Gasteiger partial charge in [0, 0.05) is 12.0 Å². The molecular formula is C24H39N5O4Si2. The molecule has 2 aromatic rings. The molecule has 1 aliphatic heterocycles. The lowest BCUT2D eigenvalue weighted by molar-refractivity contribution is -0.131. The quantitative estimate of drug-likeness (QED) is 0.577. The molecule has 11 heteroatoms. The van der Waals surface area contributed by atoms with Crippen LogP contribution in [-0.4, -0.2) is 55.1 Å². The molecule has 35 heavy (non-hydrogen) atoms. The number of fused-ring (bicyclic) bond motifs is 1. The normalized spacial score (nSPS) is 31.8. The van der Waals surface area contributed by atoms with Gasteiger partial charge in [-0.05, 0) is 34.5 Å². The number of imidazole rings is 1. The van der Waals surface area contributed by atoms with Crippen LogP contribution in [0.2, 0.25) is 22.2 Å². The zero-order chi connectivity index (χ0) is 25.5. The summed E-state index contributed by atoms with van der Waals surface area (Å²) in [7, 11) is -5.51. The van der Waals surface area contributed by atoms with Crippen LogP contribution in [-0.2, 0) is 17.8 Å². The summed E-state index contributed by atoms with van der Waals surface area (Å²) in [6, 6.07) is -0.402. The largest absolute Gasteiger partial charge is 0.414 e. The maximum absolute atomic E-state index is 14.1. The summed E-state index contributed by atoms with van der Waals surface area (Å²) in [5.41, 5.74) is 7.71. The predicted molar refractivity (Wildman–Crippen MR) is 138 cm³/mol. The van der Waals surface area contributed by atoms with E-state index in [4.69, 9.17) is 18.7 Å². The van der Waals surface area contributed by atoms with Gasteiger partial charge >= 0.3 is 17.1 Å². The summed E-state index contributed by atoms with van der Waals surface area (Å²) in [5.74, 6) is 0.509. The Kier molecular flexibility index (Phi) is 5.84. The van der Waals surface area contributed by atoms with E-state index in [1.807, 2.05) is 4.57 Å². The lowest BCUT2D eigenvalue weighted by Crippen LogP contribution is -2.65. The first-order valence-corrected chi connectivity index (χ1v) is 16.8. The van der Waals surface area contributed by atoms with Gasteiger partial charge in [-0.25, -0.2) is 15.0 Å². The number of hydrogen-bond acceptors (Lipinski definition) is 8. The Morgan fingerprint density at radius 1 is 1.00 bits per heavy atom. The highest BCUT2D eigenvalue weighted by Crippen LogP contribution is 2.69. The molecule has 0 aromatic carbocycles. The fraction of sp³-hybridized carbons (Fsp3) is 0.750. The molecule has 192 valence electrons. The smallest absolute Gasteiger partial charge is 0.335 e. The molecule has 2 aromatic heterocycles. The van der Waals surface area contributed by atoms with Crippen LogP contribution in [0.5, 0.6) is 0 Å². The third-order valence-corrected chi connectivity index (χ3v) is 18.9. The van der Waals surface area contributed by atoms with E-state index in [2.05, 4.69) is 70.3 Å². The van der Waals surface area contributed by atoms with Crippen molar-refractivity contribution in [2.45, 2.75) is 96.1 Å². The molecule has 1 unspecified atom stereocenters. The number of nitrogens with two attached hydrogens (primary N) is 1. The molecule has 4 atom stereocenters. The van der Waals surface area contributed by atoms with Crippen molar-refractivity contribution in [3.8, 4) is 0 Å². The van der Waals surface area contributed by atoms with Crippen molar-refractivity contribution in [3.05, 3.63) is 12.7 Å². The highest BCUT2D eigenvalue weighted by molar-refractivity contribution is 6.84. The summed E-state index contributed by atoms with van der Waals surface area (Å²) in [5, 5.41) is 0. The number of rotatable bonds is 5. The zero-order valence-electron chi connectivity index (χ0n) is 22.1. The summed E-state index contributed by atoms with van der Waals surface area (Å²) >= 11 is 0. The topological polar surface area (TPSA) is 114 Å². The molecule has 3 fully saturated rings. The number of nitrogens with zero attached hydrogens (tertiary/aromatic N) is 4. The molecule has 1 spiro atoms. The molecule has 1 saturated heterocycles. The molecule has 0 amide bonds. The van der Waals surface area contributed by atoms with Gasteiger partial charge in [-0.2, -0.15) is 0 Å². The maximum Gasteiger partial charge on any atom is 0.335 e. The monoisotopic (exact) mass is 517 g/mol. The van der Waals surface area contributed by atoms with E-state index in [1.54, 1.807) is 6.33 Å². The number of carbonyl (C=O) groups is 1. The van der Waals surface area contributed by atoms with Gasteiger partial charge in [0.15, 0.2) is 17.2 Å². The van der Waals surface area contributed by atoms with Gasteiger partial charge < -0.3 is 23.3 Å². The summed E-state index contributed by atoms with van der Waals surface area (Å²) < 4.78 is 23.3. The van der Waals surface area contributed by atoms with Gasteiger partial charge in [0.25, 0.3) is 0 Å². The second kappa shape index (κ2) is 8.17. The first kappa shape index (κ1) is 25.0. The van der Waals surface area contributed by atoms with E-state index in [1.165, 1.54) is 6.33 Å². The predicted octanol–water partition coefficient (Wildman–Crippen LogP) is 4.50. The molecule has 0 radical (unpaired) electrons. The van der Waals surface area contributed by atoms with Crippen molar-refractivity contribution in [3.63, 3.8) is 0 Å². The minimum absolute atomic E-state index is 0.0753. The van der Waals surface area contributed by atoms with Crippen LogP contribution in [0.4, 0.5) is 5.82 Å². The molecule has 9 nitrogen and oxygen atoms in total. The standard InChI is InChI=1S/C24H39N5O4Si2/c1-13(2)34(14(3)4)31-10-24-9-17(24)19(29-12-28-18-22(25)26-11-27-23(18)29)20(30)21(24)32-35(33-34,15(5)6)16(7)8/h11-17,19,21H,9-10H2,1-8H3,(H2,25,26,27)/t17-,19-,21?,24+/m1/s1. The first-order chi connectivity index (χ1) is 16.4. The number of nitrogen functional groups attached to an aromatic ring is 1. The van der Waals surface area contributed by atoms with Gasteiger partial charge in [-0.1, -0.05) is 55.4 Å². The molecule has 2 saturated carbocycles. The minimum atomic E-state index is -2.86. The van der Waals surface area contributed by atoms with E-state index < -0.39 is 29.3 Å². The van der Waals surface area contributed by atoms with E-state index in [9.17, 15) is 4.79 Å². The zero-order valence-corrected chi connectivity index (χ0v) is 24.1. The van der Waals surface area contributed by atoms with Crippen LogP contribution < -0.4 is 5.73 Å². The van der Waals surface area contributed by atoms with E-state index in [0.717, 1.165) is 6.42 Å². The van der Waals surface area contributed by atoms with Crippen LogP contribution in [0.15, 0.2) is 12.7 Å². The van der Waals surface area contributed by atoms with Crippen LogP contribution >= 0.6 is 0 Å². The summed E-state index contributed by atoms with van der Waals surface area (Å²) in [6.45, 7) is 18.1. The SMILES string of the molecule is CC(C)[Si]1(C(C)C)OC[C@@]23C[C@@H]2[C@@H](n2cnc4c(N)ncnc42)C(=O)C3O[Si](C(C)C)(C(C)C)O1. The molecular weight excluding hydrogens is 478 g/mol. The second-order valence-corrected chi connectivity index (χ2v) is 20.8. The van der Waals surface area contributed by atoms with Crippen molar-refractivity contribution in [1.82, 2.24) is 19.5 Å². The Bertz CT molecular complexity index is 1140. The average Bonchev–Trinajstić information content (AvgIpc) is 3.24. The molecule has 3 aliphatic rings. The minimum Gasteiger partial charge on any atom is -0.414 e. The molecule has 5 rings (SSSR count). The van der Waals surface area contributed by atoms with Crippen molar-refractivity contribution >= 4 is 39.9 Å². The summed E-state index contributed by atoms with van der Waals surface area (Å²) in [4.78, 5) is 27.0. The number of Topliss-reactive ketones (excluding diaryl/α,β-unsaturated/α-hetero) is 1. The van der Waals surface area contributed by atoms with Crippen LogP contribution in [0.1, 0.15) is 67.9 Å². The fourth-order valence-corrected chi connectivity index (χ4v) is 18.0. The van der Waals surface area contributed by atoms with Crippen molar-refractivity contribution in [1.29, 1.82) is 0 Å². The number of aromatic nitrogens is 4. The molecule has 2 N–H and O–H groups in total. The lowest BCUT2D eigenvalue weighted by atomic mass is 10.0. The first-order valence-electron chi connectivity index (χ1n) is 12.9. The van der Waals surface area contributed by atoms with Gasteiger partial charge in [0.05, 0.1) is 6.33 Å². The van der Waals surface area contributed by atoms with Gasteiger partial charge in [0.1, 0.15) is 24.0 Å². The second-order valence-electron chi connectivity index (χ2n) is 11.9. The van der Waals surface area contributed by atoms with Crippen molar-refractivity contribution < 1.29 is 17.8 Å². The highest BCUT2D eigenvalue weighted by Gasteiger charge is 2.76. The third kappa shape index (κ3) is 3.34. The van der Waals surface area contributed by atoms with Gasteiger partial charge in [0.2, 0.25) is 0 Å². The van der Waals surface area contributed by atoms with Gasteiger partial charge in [-0.15, -0.1) is 0 Å². The van der Waals surface area contributed by atoms with Gasteiger partial charge in [-0.3, -0.25) is 4.79 Å². The number of ketones is 1. The Morgan fingerprint density at radius 2 is 1.63 bits per heavy atom. The Morgan fingerprint density at radius 3 is 2.23 bits per heavy atom. The number of carbonyl (C=O) groups excluding carboxylic acids is 1. The summed E-state index contributed by atoms with van der Waals surface area (Å²) in [6.07, 6.45) is 3.44. The van der Waals surface area contributed by atoms with E-state index in [0.29, 0.717) is 23.6 Å². The number of anilines is 1. The Balaban J connectivity index is 1.62. The Hall–Kier alpha value is -1.67. The van der Waals surface area contributed by atoms with Crippen LogP contribution in [0.25, 0.3) is 11.2 Å². The molecule has 3 heterocycles. The highest BCUT2D eigenvalue weighted by atomic mass is 28.5. The fourth-order valence-electron chi connectivity index (χ4n) is 6.68. The average molecular weight is 518 g/mol. The van der Waals surface area contributed by atoms with Crippen LogP contribution in [0, 0.1) is 11.3 Å². The maximum atomic E-state index is 14.1. The lowest BCUT2D eigenvalue weighted by Gasteiger charge is -2.51. The number of hydrogen-bond donors (Lipinski definition) is 1. The van der Waals surface area contributed by atoms with E-state index >= 15 is 0 Å². The van der Waals surface area contributed by atoms with E-state index in [-0.39, 0.29) is 39.3 Å². The van der Waals surface area contributed by atoms with Crippen LogP contribution in [0.3, 0.4) is 0 Å². The Labute approximate surface area is 209 Å². The molecule has 0 bridgehead atoms. The van der Waals surface area contributed by atoms with Crippen molar-refractivity contribution in [2.24, 2.45) is 11.3 Å². The molecule has 2 aliphatic carbocycles. The third-order valence-electron chi connectivity index (χ3n) is 8.72. The van der Waals surface area contributed by atoms with Crippen molar-refractivity contribution in [2.75, 3.05) is 12.3 Å².